The lowest BCUT2D eigenvalue weighted by molar-refractivity contribution is 0.487. The van der Waals surface area contributed by atoms with Crippen LogP contribution in [-0.4, -0.2) is 18.0 Å². The Labute approximate surface area is 408 Å². The molecule has 4 aliphatic rings. The molecule has 10 aromatic carbocycles. The van der Waals surface area contributed by atoms with E-state index in [-0.39, 0.29) is 13.4 Å². The summed E-state index contributed by atoms with van der Waals surface area (Å²) in [6.45, 7) is 8.82. The van der Waals surface area contributed by atoms with Crippen molar-refractivity contribution in [2.75, 3.05) is 9.80 Å². The first-order valence-corrected chi connectivity index (χ1v) is 24.6. The molecule has 0 aliphatic carbocycles. The van der Waals surface area contributed by atoms with Crippen molar-refractivity contribution in [3.05, 3.63) is 222 Å². The molecule has 5 heterocycles. The van der Waals surface area contributed by atoms with Gasteiger partial charge in [-0.25, -0.2) is 0 Å². The van der Waals surface area contributed by atoms with Crippen LogP contribution in [-0.2, 0) is 0 Å². The van der Waals surface area contributed by atoms with Crippen LogP contribution in [0.25, 0.3) is 49.7 Å². The molecule has 0 amide bonds. The van der Waals surface area contributed by atoms with Gasteiger partial charge in [0.2, 0.25) is 0 Å². The molecule has 0 saturated carbocycles. The zero-order valence-corrected chi connectivity index (χ0v) is 39.5. The van der Waals surface area contributed by atoms with Crippen molar-refractivity contribution < 1.29 is 4.74 Å². The van der Waals surface area contributed by atoms with E-state index in [1.807, 2.05) is 0 Å². The van der Waals surface area contributed by atoms with Crippen molar-refractivity contribution in [3.63, 3.8) is 0 Å². The maximum atomic E-state index is 7.53. The highest BCUT2D eigenvalue weighted by Crippen LogP contribution is 2.48. The molecule has 6 heteroatoms. The summed E-state index contributed by atoms with van der Waals surface area (Å²) in [6.07, 6.45) is 0. The number of nitrogens with zero attached hydrogens (tertiary/aromatic N) is 3. The lowest BCUT2D eigenvalue weighted by Crippen LogP contribution is -2.64. The van der Waals surface area contributed by atoms with Gasteiger partial charge in [0.1, 0.15) is 11.5 Å². The van der Waals surface area contributed by atoms with E-state index in [2.05, 4.69) is 242 Å². The van der Waals surface area contributed by atoms with Gasteiger partial charge in [-0.15, -0.1) is 0 Å². The lowest BCUT2D eigenvalue weighted by Gasteiger charge is -2.45. The number of aryl methyl sites for hydroxylation is 4. The third-order valence-corrected chi connectivity index (χ3v) is 15.9. The molecule has 4 aliphatic heterocycles. The Morgan fingerprint density at radius 3 is 1.57 bits per heavy atom. The fourth-order valence-electron chi connectivity index (χ4n) is 13.1. The number of aromatic nitrogens is 1. The van der Waals surface area contributed by atoms with E-state index in [1.165, 1.54) is 122 Å². The maximum absolute atomic E-state index is 7.53. The van der Waals surface area contributed by atoms with Gasteiger partial charge >= 0.3 is 0 Å². The monoisotopic (exact) mass is 893 g/mol. The Kier molecular flexibility index (Phi) is 8.20. The van der Waals surface area contributed by atoms with Crippen LogP contribution < -0.4 is 47.3 Å². The molecule has 70 heavy (non-hydrogen) atoms. The summed E-state index contributed by atoms with van der Waals surface area (Å²) in [7, 11) is 0. The van der Waals surface area contributed by atoms with Crippen LogP contribution in [0.4, 0.5) is 34.1 Å². The highest BCUT2D eigenvalue weighted by atomic mass is 16.5. The minimum atomic E-state index is -0.0660. The first-order chi connectivity index (χ1) is 34.4. The largest absolute Gasteiger partial charge is 0.458 e. The fraction of sp³-hybridized carbons (Fsp3) is 0.0625. The Morgan fingerprint density at radius 2 is 0.886 bits per heavy atom. The van der Waals surface area contributed by atoms with Gasteiger partial charge in [0.25, 0.3) is 13.4 Å². The second kappa shape index (κ2) is 14.5. The van der Waals surface area contributed by atoms with Gasteiger partial charge in [-0.3, -0.25) is 0 Å². The average molecular weight is 894 g/mol. The molecule has 1 aromatic heterocycles. The number of hydrogen-bond donors (Lipinski definition) is 0. The van der Waals surface area contributed by atoms with E-state index in [9.17, 15) is 0 Å². The molecule has 0 N–H and O–H groups in total. The van der Waals surface area contributed by atoms with Crippen LogP contribution in [0.15, 0.2) is 200 Å². The molecule has 0 radical (unpaired) electrons. The van der Waals surface area contributed by atoms with E-state index in [0.717, 1.165) is 28.6 Å². The molecule has 328 valence electrons. The maximum Gasteiger partial charge on any atom is 0.256 e. The van der Waals surface area contributed by atoms with Crippen molar-refractivity contribution in [2.45, 2.75) is 27.7 Å². The smallest absolute Gasteiger partial charge is 0.256 e. The predicted octanol–water partition coefficient (Wildman–Crippen LogP) is 12.4. The van der Waals surface area contributed by atoms with Crippen LogP contribution in [0.2, 0.25) is 0 Å². The summed E-state index contributed by atoms with van der Waals surface area (Å²) < 4.78 is 10.1. The summed E-state index contributed by atoms with van der Waals surface area (Å²) in [5, 5.41) is 2.54. The van der Waals surface area contributed by atoms with Gasteiger partial charge in [0.15, 0.2) is 0 Å². The first kappa shape index (κ1) is 39.5. The number of ether oxygens (including phenoxy) is 1. The molecule has 4 nitrogen and oxygen atoms in total. The molecule has 0 bridgehead atoms. The van der Waals surface area contributed by atoms with Gasteiger partial charge < -0.3 is 19.1 Å². The van der Waals surface area contributed by atoms with E-state index in [0.29, 0.717) is 0 Å². The van der Waals surface area contributed by atoms with Crippen molar-refractivity contribution >= 4 is 102 Å². The van der Waals surface area contributed by atoms with Crippen LogP contribution >= 0.6 is 0 Å². The highest BCUT2D eigenvalue weighted by Gasteiger charge is 2.47. The average Bonchev–Trinajstić information content (AvgIpc) is 3.72. The zero-order chi connectivity index (χ0) is 46.5. The first-order valence-electron chi connectivity index (χ1n) is 24.6. The normalized spacial score (nSPS) is 13.4. The van der Waals surface area contributed by atoms with E-state index < -0.39 is 0 Å². The standard InChI is InChI=1S/C64H45B2N3O/c1-38-18-15-19-39(2)60(38)42-32-55-62-56(33-42)68(45-24-9-6-10-25-45)54-37-58-51(36-50(54)65(62)48-28-12-14-31-53(48)67(55)44-22-7-5-8-23-44)66-49-29-17-27-47-46-26-11-13-30-52(46)69(64(47)49)57-34-43(35-59(70-58)63(57)66)61-40(3)20-16-21-41(61)4/h5-37H,1-4H3. The summed E-state index contributed by atoms with van der Waals surface area (Å²) in [6, 6.07) is 74.8. The van der Waals surface area contributed by atoms with Crippen LogP contribution in [0, 0.1) is 27.7 Å². The van der Waals surface area contributed by atoms with Crippen molar-refractivity contribution in [1.82, 2.24) is 4.57 Å². The number of para-hydroxylation sites is 5. The van der Waals surface area contributed by atoms with Crippen LogP contribution in [0.1, 0.15) is 22.3 Å². The lowest BCUT2D eigenvalue weighted by atomic mass is 9.30. The van der Waals surface area contributed by atoms with E-state index in [1.54, 1.807) is 0 Å². The topological polar surface area (TPSA) is 20.6 Å². The van der Waals surface area contributed by atoms with E-state index >= 15 is 0 Å². The third-order valence-electron chi connectivity index (χ3n) is 15.9. The minimum absolute atomic E-state index is 0.0634. The van der Waals surface area contributed by atoms with Gasteiger partial charge in [-0.2, -0.15) is 0 Å². The summed E-state index contributed by atoms with van der Waals surface area (Å²) >= 11 is 0. The van der Waals surface area contributed by atoms with Gasteiger partial charge in [-0.1, -0.05) is 133 Å². The molecule has 0 spiro atoms. The van der Waals surface area contributed by atoms with Crippen molar-refractivity contribution in [3.8, 4) is 39.4 Å². The Balaban J connectivity index is 1.06. The second-order valence-corrected chi connectivity index (χ2v) is 19.8. The number of hydrogen-bond acceptors (Lipinski definition) is 3. The van der Waals surface area contributed by atoms with Crippen LogP contribution in [0.3, 0.4) is 0 Å². The Morgan fingerprint density at radius 1 is 0.357 bits per heavy atom. The third kappa shape index (κ3) is 5.33. The Bertz CT molecular complexity index is 4020. The molecule has 0 saturated heterocycles. The van der Waals surface area contributed by atoms with Crippen molar-refractivity contribution in [1.29, 1.82) is 0 Å². The van der Waals surface area contributed by atoms with Crippen LogP contribution in [0.5, 0.6) is 11.5 Å². The van der Waals surface area contributed by atoms with Gasteiger partial charge in [0.05, 0.1) is 5.52 Å². The van der Waals surface area contributed by atoms with Gasteiger partial charge in [-0.05, 0) is 166 Å². The van der Waals surface area contributed by atoms with Crippen molar-refractivity contribution in [2.24, 2.45) is 0 Å². The zero-order valence-electron chi connectivity index (χ0n) is 39.5. The molecular weight excluding hydrogens is 848 g/mol. The summed E-state index contributed by atoms with van der Waals surface area (Å²) in [5.74, 6) is 1.81. The molecular formula is C64H45B2N3O. The minimum Gasteiger partial charge on any atom is -0.458 e. The number of rotatable bonds is 4. The summed E-state index contributed by atoms with van der Waals surface area (Å²) in [5.41, 5.74) is 28.1. The second-order valence-electron chi connectivity index (χ2n) is 19.8. The Hall–Kier alpha value is -8.47. The molecule has 15 rings (SSSR count). The molecule has 0 unspecified atom stereocenters. The van der Waals surface area contributed by atoms with Gasteiger partial charge in [0, 0.05) is 62.2 Å². The number of benzene rings is 10. The predicted molar refractivity (Wildman–Crippen MR) is 296 cm³/mol. The van der Waals surface area contributed by atoms with E-state index in [4.69, 9.17) is 4.74 Å². The molecule has 11 aromatic rings. The SMILES string of the molecule is Cc1cccc(C)c1-c1cc2c3c(c1)N(c1ccccc1)c1cc4c(cc1B3c1ccccc1N2c1ccccc1)B1c2c(cc(-c3c(C)cccc3C)cc2-n2c3ccccc3c3cccc1c32)O4. The highest BCUT2D eigenvalue weighted by molar-refractivity contribution is 7.02. The number of fused-ring (bicyclic) bond motifs is 11. The molecule has 0 atom stereocenters. The summed E-state index contributed by atoms with van der Waals surface area (Å²) in [4.78, 5) is 5.03. The quantitative estimate of drug-likeness (QED) is 0.164. The fourth-order valence-corrected chi connectivity index (χ4v) is 13.1. The molecule has 0 fully saturated rings. The number of anilines is 6.